The van der Waals surface area contributed by atoms with Crippen LogP contribution in [-0.2, 0) is 6.54 Å². The van der Waals surface area contributed by atoms with Crippen LogP contribution in [0.1, 0.15) is 33.0 Å². The van der Waals surface area contributed by atoms with Crippen molar-refractivity contribution in [2.45, 2.75) is 25.4 Å². The van der Waals surface area contributed by atoms with Gasteiger partial charge in [-0.3, -0.25) is 4.79 Å². The van der Waals surface area contributed by atoms with E-state index in [1.807, 2.05) is 30.3 Å². The highest BCUT2D eigenvalue weighted by molar-refractivity contribution is 5.94. The lowest BCUT2D eigenvalue weighted by molar-refractivity contribution is 0.0639. The van der Waals surface area contributed by atoms with Crippen LogP contribution in [0.2, 0.25) is 0 Å². The van der Waals surface area contributed by atoms with Gasteiger partial charge in [0.25, 0.3) is 5.91 Å². The van der Waals surface area contributed by atoms with Gasteiger partial charge in [0.1, 0.15) is 0 Å². The number of carbonyl (C=O) groups excluding carboxylic acids is 1. The van der Waals surface area contributed by atoms with Crippen molar-refractivity contribution in [2.24, 2.45) is 0 Å². The molecule has 2 atom stereocenters. The third-order valence-corrected chi connectivity index (χ3v) is 5.04. The third-order valence-electron chi connectivity index (χ3n) is 5.04. The summed E-state index contributed by atoms with van der Waals surface area (Å²) in [5, 5.41) is 3.47. The summed E-state index contributed by atoms with van der Waals surface area (Å²) >= 11 is 0. The molecule has 0 unspecified atom stereocenters. The molecule has 2 aromatic carbocycles. The molecule has 0 aliphatic carbocycles. The molecule has 1 fully saturated rings. The second-order valence-corrected chi connectivity index (χ2v) is 6.27. The molecule has 120 valence electrons. The molecular formula is C19H21ClN2O. The molecule has 4 heteroatoms. The predicted molar refractivity (Wildman–Crippen MR) is 94.1 cm³/mol. The lowest BCUT2D eigenvalue weighted by Crippen LogP contribution is -2.47. The van der Waals surface area contributed by atoms with Crippen LogP contribution >= 0.6 is 12.4 Å². The van der Waals surface area contributed by atoms with Gasteiger partial charge in [-0.25, -0.2) is 0 Å². The molecule has 1 amide bonds. The molecule has 23 heavy (non-hydrogen) atoms. The molecule has 2 aliphatic heterocycles. The van der Waals surface area contributed by atoms with E-state index in [0.29, 0.717) is 5.92 Å². The molecule has 2 heterocycles. The average Bonchev–Trinajstić information content (AvgIpc) is 3.05. The normalized spacial score (nSPS) is 22.0. The Balaban J connectivity index is 0.00000156. The molecule has 2 aliphatic rings. The molecule has 4 rings (SSSR count). The Bertz CT molecular complexity index is 717. The first-order valence-electron chi connectivity index (χ1n) is 7.91. The van der Waals surface area contributed by atoms with E-state index >= 15 is 0 Å². The number of benzene rings is 2. The summed E-state index contributed by atoms with van der Waals surface area (Å²) in [5.41, 5.74) is 4.82. The highest BCUT2D eigenvalue weighted by Gasteiger charge is 2.40. The molecule has 0 aromatic heterocycles. The standard InChI is InChI=1S/C19H20N2O.ClH/c1-13-6-5-9-15-16-10-20-11-18(16)21(12-17(13)15)19(22)14-7-3-2-4-8-14;/h2-9,16,18,20H,10-12H2,1H3;1H/t16-,18+;/m0./s1. The van der Waals surface area contributed by atoms with Crippen molar-refractivity contribution in [1.29, 1.82) is 0 Å². The SMILES string of the molecule is Cc1cccc2c1CN(C(=O)c1ccccc1)[C@@H]1CNC[C@@H]21.Cl. The van der Waals surface area contributed by atoms with Crippen LogP contribution in [0.15, 0.2) is 48.5 Å². The van der Waals surface area contributed by atoms with Gasteiger partial charge in [-0.15, -0.1) is 12.4 Å². The molecule has 0 bridgehead atoms. The lowest BCUT2D eigenvalue weighted by Gasteiger charge is -2.39. The van der Waals surface area contributed by atoms with Gasteiger partial charge in [0.2, 0.25) is 0 Å². The summed E-state index contributed by atoms with van der Waals surface area (Å²) in [5.74, 6) is 0.560. The molecule has 0 spiro atoms. The van der Waals surface area contributed by atoms with Crippen LogP contribution in [0.25, 0.3) is 0 Å². The van der Waals surface area contributed by atoms with Gasteiger partial charge in [0.15, 0.2) is 0 Å². The largest absolute Gasteiger partial charge is 0.329 e. The Hall–Kier alpha value is -1.84. The maximum Gasteiger partial charge on any atom is 0.254 e. The average molecular weight is 329 g/mol. The Morgan fingerprint density at radius 1 is 1.09 bits per heavy atom. The highest BCUT2D eigenvalue weighted by atomic mass is 35.5. The summed E-state index contributed by atoms with van der Waals surface area (Å²) in [7, 11) is 0. The fraction of sp³-hybridized carbons (Fsp3) is 0.316. The molecule has 0 radical (unpaired) electrons. The number of rotatable bonds is 1. The van der Waals surface area contributed by atoms with Gasteiger partial charge in [-0.2, -0.15) is 0 Å². The van der Waals surface area contributed by atoms with E-state index in [4.69, 9.17) is 0 Å². The topological polar surface area (TPSA) is 32.3 Å². The number of hydrogen-bond donors (Lipinski definition) is 1. The van der Waals surface area contributed by atoms with Gasteiger partial charge in [-0.05, 0) is 35.7 Å². The number of hydrogen-bond acceptors (Lipinski definition) is 2. The van der Waals surface area contributed by atoms with E-state index in [-0.39, 0.29) is 24.4 Å². The van der Waals surface area contributed by atoms with Crippen LogP contribution < -0.4 is 5.32 Å². The highest BCUT2D eigenvalue weighted by Crippen LogP contribution is 2.37. The predicted octanol–water partition coefficient (Wildman–Crippen LogP) is 3.13. The van der Waals surface area contributed by atoms with Gasteiger partial charge in [0, 0.05) is 31.1 Å². The Morgan fingerprint density at radius 3 is 2.65 bits per heavy atom. The maximum atomic E-state index is 13.0. The van der Waals surface area contributed by atoms with Crippen molar-refractivity contribution < 1.29 is 4.79 Å². The molecule has 1 saturated heterocycles. The molecule has 2 aromatic rings. The summed E-state index contributed by atoms with van der Waals surface area (Å²) < 4.78 is 0. The first-order chi connectivity index (χ1) is 10.8. The van der Waals surface area contributed by atoms with Crippen molar-refractivity contribution in [3.63, 3.8) is 0 Å². The fourth-order valence-electron chi connectivity index (χ4n) is 3.85. The minimum absolute atomic E-state index is 0. The number of nitrogens with zero attached hydrogens (tertiary/aromatic N) is 1. The Labute approximate surface area is 143 Å². The maximum absolute atomic E-state index is 13.0. The first-order valence-corrected chi connectivity index (χ1v) is 7.91. The van der Waals surface area contributed by atoms with Gasteiger partial charge in [-0.1, -0.05) is 36.4 Å². The Kier molecular flexibility index (Phi) is 4.42. The summed E-state index contributed by atoms with van der Waals surface area (Å²) in [6, 6.07) is 16.4. The van der Waals surface area contributed by atoms with E-state index < -0.39 is 0 Å². The number of amides is 1. The number of halogens is 1. The smallest absolute Gasteiger partial charge is 0.254 e. The fourth-order valence-corrected chi connectivity index (χ4v) is 3.85. The van der Waals surface area contributed by atoms with Crippen LogP contribution in [0.4, 0.5) is 0 Å². The van der Waals surface area contributed by atoms with E-state index in [1.54, 1.807) is 0 Å². The van der Waals surface area contributed by atoms with Crippen molar-refractivity contribution in [2.75, 3.05) is 13.1 Å². The summed E-state index contributed by atoms with van der Waals surface area (Å²) in [6.45, 7) is 4.71. The molecule has 3 nitrogen and oxygen atoms in total. The van der Waals surface area contributed by atoms with Gasteiger partial charge >= 0.3 is 0 Å². The Morgan fingerprint density at radius 2 is 1.87 bits per heavy atom. The number of fused-ring (bicyclic) bond motifs is 3. The van der Waals surface area contributed by atoms with E-state index in [1.165, 1.54) is 16.7 Å². The first kappa shape index (κ1) is 16.0. The van der Waals surface area contributed by atoms with Crippen molar-refractivity contribution in [3.05, 3.63) is 70.8 Å². The van der Waals surface area contributed by atoms with Crippen LogP contribution in [0.3, 0.4) is 0 Å². The van der Waals surface area contributed by atoms with Crippen LogP contribution in [-0.4, -0.2) is 29.9 Å². The van der Waals surface area contributed by atoms with E-state index in [2.05, 4.69) is 35.3 Å². The molecular weight excluding hydrogens is 308 g/mol. The summed E-state index contributed by atoms with van der Waals surface area (Å²) in [6.07, 6.45) is 0. The second-order valence-electron chi connectivity index (χ2n) is 6.27. The minimum atomic E-state index is 0. The third kappa shape index (κ3) is 2.64. The minimum Gasteiger partial charge on any atom is -0.329 e. The van der Waals surface area contributed by atoms with E-state index in [9.17, 15) is 4.79 Å². The van der Waals surface area contributed by atoms with Crippen LogP contribution in [0, 0.1) is 6.92 Å². The van der Waals surface area contributed by atoms with Crippen LogP contribution in [0.5, 0.6) is 0 Å². The van der Waals surface area contributed by atoms with E-state index in [0.717, 1.165) is 25.2 Å². The van der Waals surface area contributed by atoms with Gasteiger partial charge < -0.3 is 10.2 Å². The quantitative estimate of drug-likeness (QED) is 0.872. The monoisotopic (exact) mass is 328 g/mol. The molecule has 1 N–H and O–H groups in total. The van der Waals surface area contributed by atoms with Crippen molar-refractivity contribution in [3.8, 4) is 0 Å². The zero-order chi connectivity index (χ0) is 15.1. The van der Waals surface area contributed by atoms with Crippen molar-refractivity contribution in [1.82, 2.24) is 10.2 Å². The number of carbonyl (C=O) groups is 1. The van der Waals surface area contributed by atoms with Gasteiger partial charge in [0.05, 0.1) is 6.04 Å². The summed E-state index contributed by atoms with van der Waals surface area (Å²) in [4.78, 5) is 15.0. The number of aryl methyl sites for hydroxylation is 1. The lowest BCUT2D eigenvalue weighted by atomic mass is 9.83. The molecule has 0 saturated carbocycles. The number of nitrogens with one attached hydrogen (secondary N) is 1. The zero-order valence-corrected chi connectivity index (χ0v) is 14.0. The zero-order valence-electron chi connectivity index (χ0n) is 13.2. The van der Waals surface area contributed by atoms with Crippen molar-refractivity contribution >= 4 is 18.3 Å². The second kappa shape index (κ2) is 6.34.